The van der Waals surface area contributed by atoms with Crippen molar-refractivity contribution in [3.05, 3.63) is 48.0 Å². The number of aliphatic hydroxyl groups is 1. The average molecular weight is 341 g/mol. The van der Waals surface area contributed by atoms with Crippen molar-refractivity contribution in [2.45, 2.75) is 18.9 Å². The number of fused-ring (bicyclic) bond motifs is 1. The van der Waals surface area contributed by atoms with Gasteiger partial charge in [-0.2, -0.15) is 0 Å². The molecule has 4 rings (SSSR count). The molecule has 1 aliphatic rings. The van der Waals surface area contributed by atoms with E-state index in [1.54, 1.807) is 24.1 Å². The maximum atomic E-state index is 9.35. The van der Waals surface area contributed by atoms with Crippen LogP contribution < -0.4 is 9.47 Å². The van der Waals surface area contributed by atoms with Crippen molar-refractivity contribution in [1.29, 1.82) is 0 Å². The van der Waals surface area contributed by atoms with E-state index in [1.807, 2.05) is 24.3 Å². The number of hydrogen-bond donors (Lipinski definition) is 1. The van der Waals surface area contributed by atoms with Crippen molar-refractivity contribution in [3.63, 3.8) is 0 Å². The minimum Gasteiger partial charge on any atom is -0.493 e. The molecule has 7 nitrogen and oxygen atoms in total. The van der Waals surface area contributed by atoms with Gasteiger partial charge in [-0.15, -0.1) is 5.10 Å². The summed E-state index contributed by atoms with van der Waals surface area (Å²) in [5.41, 5.74) is 1.08. The van der Waals surface area contributed by atoms with Crippen LogP contribution in [0.5, 0.6) is 11.5 Å². The van der Waals surface area contributed by atoms with Crippen LogP contribution in [-0.4, -0.2) is 40.2 Å². The zero-order valence-electron chi connectivity index (χ0n) is 13.9. The van der Waals surface area contributed by atoms with Crippen molar-refractivity contribution in [3.8, 4) is 23.1 Å². The Hall–Kier alpha value is -2.80. The van der Waals surface area contributed by atoms with E-state index in [4.69, 9.17) is 13.9 Å². The summed E-state index contributed by atoms with van der Waals surface area (Å²) in [5, 5.41) is 13.8. The second-order valence-corrected chi connectivity index (χ2v) is 5.88. The van der Waals surface area contributed by atoms with Crippen LogP contribution >= 0.6 is 0 Å². The third-order valence-electron chi connectivity index (χ3n) is 4.29. The first-order valence-electron chi connectivity index (χ1n) is 8.18. The molecule has 0 fully saturated rings. The van der Waals surface area contributed by atoms with E-state index in [0.717, 1.165) is 29.3 Å². The number of rotatable bonds is 5. The lowest BCUT2D eigenvalue weighted by atomic mass is 9.95. The van der Waals surface area contributed by atoms with Crippen LogP contribution in [-0.2, 0) is 13.0 Å². The summed E-state index contributed by atoms with van der Waals surface area (Å²) in [4.78, 5) is 4.65. The van der Waals surface area contributed by atoms with Crippen molar-refractivity contribution in [2.24, 2.45) is 0 Å². The van der Waals surface area contributed by atoms with Crippen LogP contribution in [0, 0.1) is 0 Å². The van der Waals surface area contributed by atoms with Gasteiger partial charge in [0.15, 0.2) is 17.3 Å². The second kappa shape index (κ2) is 6.60. The molecule has 1 atom stereocenters. The summed E-state index contributed by atoms with van der Waals surface area (Å²) < 4.78 is 18.4. The lowest BCUT2D eigenvalue weighted by Gasteiger charge is -2.26. The number of hydrogen-bond acceptors (Lipinski definition) is 6. The zero-order chi connectivity index (χ0) is 17.2. The summed E-state index contributed by atoms with van der Waals surface area (Å²) in [7, 11) is 1.64. The normalized spacial score (nSPS) is 16.3. The predicted octanol–water partition coefficient (Wildman–Crippen LogP) is 2.26. The molecule has 0 saturated carbocycles. The quantitative estimate of drug-likeness (QED) is 0.766. The molecule has 25 heavy (non-hydrogen) atoms. The third kappa shape index (κ3) is 2.87. The molecule has 2 aromatic heterocycles. The molecular formula is C18H19N3O4. The van der Waals surface area contributed by atoms with Crippen LogP contribution in [0.25, 0.3) is 11.6 Å². The van der Waals surface area contributed by atoms with E-state index >= 15 is 0 Å². The molecule has 1 N–H and O–H groups in total. The molecule has 7 heteroatoms. The Morgan fingerprint density at radius 1 is 1.32 bits per heavy atom. The molecule has 130 valence electrons. The van der Waals surface area contributed by atoms with Gasteiger partial charge in [0.2, 0.25) is 5.82 Å². The van der Waals surface area contributed by atoms with Gasteiger partial charge in [-0.25, -0.2) is 9.67 Å². The van der Waals surface area contributed by atoms with Gasteiger partial charge in [0.25, 0.3) is 0 Å². The highest BCUT2D eigenvalue weighted by atomic mass is 16.5. The van der Waals surface area contributed by atoms with E-state index in [-0.39, 0.29) is 12.5 Å². The number of aromatic nitrogens is 3. The number of furan rings is 1. The number of benzene rings is 1. The molecule has 0 radical (unpaired) electrons. The average Bonchev–Trinajstić information content (AvgIpc) is 3.30. The smallest absolute Gasteiger partial charge is 0.217 e. The van der Waals surface area contributed by atoms with E-state index < -0.39 is 0 Å². The van der Waals surface area contributed by atoms with Crippen LogP contribution in [0.1, 0.15) is 17.3 Å². The van der Waals surface area contributed by atoms with Gasteiger partial charge in [-0.1, -0.05) is 12.1 Å². The van der Waals surface area contributed by atoms with Gasteiger partial charge in [-0.3, -0.25) is 0 Å². The molecular weight excluding hydrogens is 322 g/mol. The minimum atomic E-state index is -0.00799. The number of ether oxygens (including phenoxy) is 2. The van der Waals surface area contributed by atoms with Gasteiger partial charge in [-0.05, 0) is 30.2 Å². The summed E-state index contributed by atoms with van der Waals surface area (Å²) in [6.07, 6.45) is 2.36. The van der Waals surface area contributed by atoms with Crippen molar-refractivity contribution in [1.82, 2.24) is 14.8 Å². The Morgan fingerprint density at radius 3 is 3.00 bits per heavy atom. The number of aliphatic hydroxyl groups excluding tert-OH is 1. The van der Waals surface area contributed by atoms with Gasteiger partial charge in [0.1, 0.15) is 5.82 Å². The minimum absolute atomic E-state index is 0.00799. The monoisotopic (exact) mass is 341 g/mol. The van der Waals surface area contributed by atoms with Crippen molar-refractivity contribution >= 4 is 0 Å². The highest BCUT2D eigenvalue weighted by molar-refractivity contribution is 5.49. The van der Waals surface area contributed by atoms with Gasteiger partial charge in [0, 0.05) is 0 Å². The summed E-state index contributed by atoms with van der Waals surface area (Å²) in [6.45, 7) is 0.853. The van der Waals surface area contributed by atoms with E-state index in [2.05, 4.69) is 10.1 Å². The predicted molar refractivity (Wildman–Crippen MR) is 89.7 cm³/mol. The molecule has 0 spiro atoms. The molecule has 1 aromatic carbocycles. The molecule has 1 aliphatic heterocycles. The number of methoxy groups -OCH3 is 1. The molecule has 1 unspecified atom stereocenters. The topological polar surface area (TPSA) is 82.5 Å². The Balaban J connectivity index is 1.67. The maximum absolute atomic E-state index is 9.35. The van der Waals surface area contributed by atoms with Crippen LogP contribution in [0.15, 0.2) is 41.0 Å². The highest BCUT2D eigenvalue weighted by Gasteiger charge is 2.28. The number of para-hydroxylation sites is 1. The Bertz CT molecular complexity index is 857. The number of nitrogens with zero attached hydrogens (tertiary/aromatic N) is 3. The van der Waals surface area contributed by atoms with Crippen molar-refractivity contribution in [2.75, 3.05) is 20.3 Å². The maximum Gasteiger partial charge on any atom is 0.217 e. The summed E-state index contributed by atoms with van der Waals surface area (Å²) in [6, 6.07) is 9.50. The first-order valence-corrected chi connectivity index (χ1v) is 8.18. The van der Waals surface area contributed by atoms with Gasteiger partial charge >= 0.3 is 0 Å². The first-order chi connectivity index (χ1) is 12.3. The Morgan fingerprint density at radius 2 is 2.24 bits per heavy atom. The van der Waals surface area contributed by atoms with Gasteiger partial charge < -0.3 is 19.0 Å². The van der Waals surface area contributed by atoms with E-state index in [9.17, 15) is 5.11 Å². The van der Waals surface area contributed by atoms with Crippen LogP contribution in [0.3, 0.4) is 0 Å². The lowest BCUT2D eigenvalue weighted by molar-refractivity contribution is 0.232. The molecule has 0 amide bonds. The Labute approximate surface area is 144 Å². The fourth-order valence-electron chi connectivity index (χ4n) is 3.15. The standard InChI is InChI=1S/C18H19N3O4/c1-23-14-5-2-4-12-10-13(11-25-16(12)14)18-19-17(15-6-3-9-24-15)20-21(18)7-8-22/h2-6,9,13,22H,7-8,10-11H2,1H3. The second-order valence-electron chi connectivity index (χ2n) is 5.88. The largest absolute Gasteiger partial charge is 0.493 e. The fourth-order valence-corrected chi connectivity index (χ4v) is 3.15. The molecule has 0 bridgehead atoms. The van der Waals surface area contributed by atoms with Gasteiger partial charge in [0.05, 0.1) is 39.0 Å². The van der Waals surface area contributed by atoms with E-state index in [1.165, 1.54) is 0 Å². The summed E-state index contributed by atoms with van der Waals surface area (Å²) >= 11 is 0. The summed E-state index contributed by atoms with van der Waals surface area (Å²) in [5.74, 6) is 3.49. The molecule has 3 heterocycles. The van der Waals surface area contributed by atoms with Crippen molar-refractivity contribution < 1.29 is 19.0 Å². The zero-order valence-corrected chi connectivity index (χ0v) is 13.9. The fraction of sp³-hybridized carbons (Fsp3) is 0.333. The molecule has 0 saturated heterocycles. The highest BCUT2D eigenvalue weighted by Crippen LogP contribution is 2.38. The molecule has 3 aromatic rings. The van der Waals surface area contributed by atoms with Crippen LogP contribution in [0.4, 0.5) is 0 Å². The molecule has 0 aliphatic carbocycles. The SMILES string of the molecule is COc1cccc2c1OCC(c1nc(-c3ccco3)nn1CCO)C2. The third-order valence-corrected chi connectivity index (χ3v) is 4.29. The lowest BCUT2D eigenvalue weighted by Crippen LogP contribution is -2.23. The van der Waals surface area contributed by atoms with E-state index in [0.29, 0.717) is 24.7 Å². The first kappa shape index (κ1) is 15.7. The van der Waals surface area contributed by atoms with Crippen LogP contribution in [0.2, 0.25) is 0 Å². The Kier molecular flexibility index (Phi) is 4.15.